The van der Waals surface area contributed by atoms with Crippen molar-refractivity contribution in [2.75, 3.05) is 19.8 Å². The van der Waals surface area contributed by atoms with E-state index in [0.717, 1.165) is 44.9 Å². The summed E-state index contributed by atoms with van der Waals surface area (Å²) >= 11 is 0. The maximum Gasteiger partial charge on any atom is 0.472 e. The van der Waals surface area contributed by atoms with Gasteiger partial charge in [-0.2, -0.15) is 0 Å². The number of rotatable bonds is 43. The van der Waals surface area contributed by atoms with E-state index in [1.807, 2.05) is 18.2 Å². The standard InChI is InChI=1S/C47H84NO10P/c1-3-5-7-9-11-13-15-17-18-19-20-21-22-23-24-25-27-28-30-32-34-36-38-45(49)55-40-43(41-56-59(53,54)57-42-44(48)47(51)52)58-46(50)39-37-35-33-31-29-26-16-14-12-10-8-6-4-2/h6,8,12,14,26,29,33,35,43-44H,3-5,7,9-11,13,15-25,27-28,30-32,34,36-42,48H2,1-2H3,(H,51,52)(H,53,54)/b8-6-,14-12-,29-26-,35-33-. The number of carboxylic acid groups (broad SMARTS) is 1. The minimum Gasteiger partial charge on any atom is -0.480 e. The fourth-order valence-electron chi connectivity index (χ4n) is 6.26. The van der Waals surface area contributed by atoms with Gasteiger partial charge in [0.2, 0.25) is 0 Å². The molecule has 0 bridgehead atoms. The van der Waals surface area contributed by atoms with Gasteiger partial charge in [-0.15, -0.1) is 0 Å². The second-order valence-corrected chi connectivity index (χ2v) is 17.0. The van der Waals surface area contributed by atoms with Crippen molar-refractivity contribution in [1.82, 2.24) is 0 Å². The van der Waals surface area contributed by atoms with Crippen LogP contribution in [0.25, 0.3) is 0 Å². The molecule has 0 spiro atoms. The van der Waals surface area contributed by atoms with E-state index < -0.39 is 51.1 Å². The zero-order valence-corrected chi connectivity index (χ0v) is 38.0. The number of hydrogen-bond acceptors (Lipinski definition) is 9. The zero-order chi connectivity index (χ0) is 43.5. The summed E-state index contributed by atoms with van der Waals surface area (Å²) in [5, 5.41) is 8.89. The Morgan fingerprint density at radius 2 is 0.949 bits per heavy atom. The maximum atomic E-state index is 12.6. The smallest absolute Gasteiger partial charge is 0.472 e. The number of unbranched alkanes of at least 4 members (excludes halogenated alkanes) is 21. The van der Waals surface area contributed by atoms with Gasteiger partial charge in [0.1, 0.15) is 12.6 Å². The van der Waals surface area contributed by atoms with Crippen molar-refractivity contribution in [3.8, 4) is 0 Å². The highest BCUT2D eigenvalue weighted by Gasteiger charge is 2.28. The van der Waals surface area contributed by atoms with Crippen LogP contribution < -0.4 is 5.73 Å². The van der Waals surface area contributed by atoms with Gasteiger partial charge in [0.25, 0.3) is 0 Å². The van der Waals surface area contributed by atoms with Crippen LogP contribution in [0.1, 0.15) is 200 Å². The molecule has 59 heavy (non-hydrogen) atoms. The Labute approximate surface area is 358 Å². The number of carboxylic acids is 1. The summed E-state index contributed by atoms with van der Waals surface area (Å²) in [6.07, 6.45) is 47.8. The Hall–Kier alpha value is -2.56. The Morgan fingerprint density at radius 3 is 1.39 bits per heavy atom. The normalized spacial score (nSPS) is 14.1. The average Bonchev–Trinajstić information content (AvgIpc) is 3.21. The predicted octanol–water partition coefficient (Wildman–Crippen LogP) is 12.6. The number of aliphatic carboxylic acids is 1. The molecule has 4 N–H and O–H groups in total. The molecule has 0 aromatic heterocycles. The molecule has 0 saturated heterocycles. The highest BCUT2D eigenvalue weighted by atomic mass is 31.2. The second-order valence-electron chi connectivity index (χ2n) is 15.5. The summed E-state index contributed by atoms with van der Waals surface area (Å²) in [5.74, 6) is -2.48. The number of carbonyl (C=O) groups excluding carboxylic acids is 2. The molecule has 0 fully saturated rings. The van der Waals surface area contributed by atoms with Gasteiger partial charge in [-0.25, -0.2) is 4.57 Å². The molecule has 0 rings (SSSR count). The van der Waals surface area contributed by atoms with Crippen LogP contribution in [-0.4, -0.2) is 59.9 Å². The van der Waals surface area contributed by atoms with Crippen LogP contribution in [0.5, 0.6) is 0 Å². The molecule has 3 unspecified atom stereocenters. The molecule has 0 aliphatic rings. The molecule has 12 heteroatoms. The van der Waals surface area contributed by atoms with Crippen LogP contribution in [0.15, 0.2) is 48.6 Å². The first-order valence-corrected chi connectivity index (χ1v) is 24.7. The molecule has 3 atom stereocenters. The van der Waals surface area contributed by atoms with Crippen LogP contribution in [0.4, 0.5) is 0 Å². The molecule has 0 aliphatic heterocycles. The van der Waals surface area contributed by atoms with E-state index in [0.29, 0.717) is 12.8 Å². The summed E-state index contributed by atoms with van der Waals surface area (Å²) in [7, 11) is -4.73. The molecular formula is C47H84NO10P. The predicted molar refractivity (Wildman–Crippen MR) is 240 cm³/mol. The van der Waals surface area contributed by atoms with Crippen molar-refractivity contribution in [3.05, 3.63) is 48.6 Å². The molecule has 0 saturated carbocycles. The SMILES string of the molecule is CC/C=C\C/C=C\C/C=C\C/C=C\CCC(=O)OC(COC(=O)CCCCCCCCCCCCCCCCCCCCCCCC)COP(=O)(O)OCC(N)C(=O)O. The topological polar surface area (TPSA) is 172 Å². The molecule has 0 heterocycles. The maximum absolute atomic E-state index is 12.6. The first-order chi connectivity index (χ1) is 28.6. The van der Waals surface area contributed by atoms with Crippen LogP contribution in [-0.2, 0) is 37.5 Å². The third-order valence-corrected chi connectivity index (χ3v) is 10.8. The number of carbonyl (C=O) groups is 3. The fraction of sp³-hybridized carbons (Fsp3) is 0.766. The molecule has 0 amide bonds. The van der Waals surface area contributed by atoms with Crippen LogP contribution >= 0.6 is 7.82 Å². The van der Waals surface area contributed by atoms with E-state index in [-0.39, 0.29) is 19.4 Å². The van der Waals surface area contributed by atoms with Crippen molar-refractivity contribution in [2.24, 2.45) is 5.73 Å². The number of phosphoric ester groups is 1. The quantitative estimate of drug-likeness (QED) is 0.0231. The summed E-state index contributed by atoms with van der Waals surface area (Å²) in [4.78, 5) is 45.9. The lowest BCUT2D eigenvalue weighted by Crippen LogP contribution is -2.34. The average molecular weight is 854 g/mol. The van der Waals surface area contributed by atoms with Crippen molar-refractivity contribution in [1.29, 1.82) is 0 Å². The molecule has 0 aliphatic carbocycles. The monoisotopic (exact) mass is 854 g/mol. The molecule has 0 aromatic rings. The van der Waals surface area contributed by atoms with E-state index in [1.54, 1.807) is 0 Å². The number of allylic oxidation sites excluding steroid dienone is 8. The summed E-state index contributed by atoms with van der Waals surface area (Å²) in [6.45, 7) is 2.63. The van der Waals surface area contributed by atoms with Gasteiger partial charge in [0.05, 0.1) is 13.2 Å². The molecular weight excluding hydrogens is 769 g/mol. The summed E-state index contributed by atoms with van der Waals surface area (Å²) in [6, 6.07) is -1.53. The van der Waals surface area contributed by atoms with Crippen LogP contribution in [0.3, 0.4) is 0 Å². The van der Waals surface area contributed by atoms with E-state index >= 15 is 0 Å². The van der Waals surface area contributed by atoms with E-state index in [1.165, 1.54) is 116 Å². The van der Waals surface area contributed by atoms with Crippen molar-refractivity contribution >= 4 is 25.7 Å². The highest BCUT2D eigenvalue weighted by molar-refractivity contribution is 7.47. The first kappa shape index (κ1) is 56.4. The minimum absolute atomic E-state index is 0.0406. The molecule has 342 valence electrons. The van der Waals surface area contributed by atoms with Gasteiger partial charge in [-0.05, 0) is 38.5 Å². The zero-order valence-electron chi connectivity index (χ0n) is 37.1. The second kappa shape index (κ2) is 42.1. The van der Waals surface area contributed by atoms with Crippen molar-refractivity contribution < 1.29 is 47.5 Å². The lowest BCUT2D eigenvalue weighted by Gasteiger charge is -2.20. The number of phosphoric acid groups is 1. The van der Waals surface area contributed by atoms with Gasteiger partial charge in [0.15, 0.2) is 6.10 Å². The Kier molecular flexibility index (Phi) is 40.3. The van der Waals surface area contributed by atoms with Crippen molar-refractivity contribution in [2.45, 2.75) is 212 Å². The lowest BCUT2D eigenvalue weighted by atomic mass is 10.0. The summed E-state index contributed by atoms with van der Waals surface area (Å²) < 4.78 is 32.6. The van der Waals surface area contributed by atoms with E-state index in [4.69, 9.17) is 24.8 Å². The fourth-order valence-corrected chi connectivity index (χ4v) is 7.03. The third-order valence-electron chi connectivity index (χ3n) is 9.85. The lowest BCUT2D eigenvalue weighted by molar-refractivity contribution is -0.161. The largest absolute Gasteiger partial charge is 0.480 e. The van der Waals surface area contributed by atoms with Gasteiger partial charge in [-0.1, -0.05) is 197 Å². The summed E-state index contributed by atoms with van der Waals surface area (Å²) in [5.41, 5.74) is 5.33. The van der Waals surface area contributed by atoms with Crippen LogP contribution in [0, 0.1) is 0 Å². The van der Waals surface area contributed by atoms with Gasteiger partial charge >= 0.3 is 25.7 Å². The first-order valence-electron chi connectivity index (χ1n) is 23.2. The van der Waals surface area contributed by atoms with E-state index in [9.17, 15) is 23.8 Å². The molecule has 0 radical (unpaired) electrons. The highest BCUT2D eigenvalue weighted by Crippen LogP contribution is 2.43. The molecule has 0 aromatic carbocycles. The number of ether oxygens (including phenoxy) is 2. The van der Waals surface area contributed by atoms with E-state index in [2.05, 4.69) is 48.8 Å². The number of nitrogens with two attached hydrogens (primary N) is 1. The van der Waals surface area contributed by atoms with Gasteiger partial charge in [0, 0.05) is 12.8 Å². The van der Waals surface area contributed by atoms with Crippen LogP contribution in [0.2, 0.25) is 0 Å². The van der Waals surface area contributed by atoms with Gasteiger partial charge in [-0.3, -0.25) is 23.4 Å². The Bertz CT molecular complexity index is 1190. The third kappa shape index (κ3) is 41.9. The Balaban J connectivity index is 4.27. The van der Waals surface area contributed by atoms with Crippen molar-refractivity contribution in [3.63, 3.8) is 0 Å². The number of esters is 2. The minimum atomic E-state index is -4.73. The van der Waals surface area contributed by atoms with Gasteiger partial charge < -0.3 is 25.2 Å². The Morgan fingerprint density at radius 1 is 0.542 bits per heavy atom. The number of hydrogen-bond donors (Lipinski definition) is 3. The molecule has 11 nitrogen and oxygen atoms in total.